The van der Waals surface area contributed by atoms with Crippen LogP contribution >= 0.6 is 11.6 Å². The van der Waals surface area contributed by atoms with Crippen molar-refractivity contribution in [2.24, 2.45) is 5.41 Å². The third-order valence-electron chi connectivity index (χ3n) is 4.40. The lowest BCUT2D eigenvalue weighted by atomic mass is 9.96. The average Bonchev–Trinajstić information content (AvgIpc) is 3.05. The van der Waals surface area contributed by atoms with Crippen LogP contribution in [-0.2, 0) is 20.5 Å². The second-order valence-corrected chi connectivity index (χ2v) is 7.97. The second-order valence-electron chi connectivity index (χ2n) is 5.81. The molecule has 4 nitrogen and oxygen atoms in total. The number of nitrogens with one attached hydrogen (secondary N) is 1. The SMILES string of the molecule is O=S(=O)(Cc1c(F)cccc1Cl)NC1CC12CCOCC2. The van der Waals surface area contributed by atoms with E-state index in [1.54, 1.807) is 0 Å². The Morgan fingerprint density at radius 1 is 1.38 bits per heavy atom. The van der Waals surface area contributed by atoms with Crippen LogP contribution in [0.5, 0.6) is 0 Å². The van der Waals surface area contributed by atoms with Gasteiger partial charge in [-0.05, 0) is 36.8 Å². The Hall–Kier alpha value is -0.690. The number of halogens is 2. The van der Waals surface area contributed by atoms with Crippen LogP contribution in [0.3, 0.4) is 0 Å². The van der Waals surface area contributed by atoms with E-state index in [-0.39, 0.29) is 22.0 Å². The summed E-state index contributed by atoms with van der Waals surface area (Å²) in [5.74, 6) is -1.02. The molecular formula is C14H17ClFNO3S. The van der Waals surface area contributed by atoms with Crippen molar-refractivity contribution in [3.63, 3.8) is 0 Å². The third-order valence-corrected chi connectivity index (χ3v) is 6.06. The second kappa shape index (κ2) is 5.50. The molecule has 7 heteroatoms. The maximum Gasteiger partial charge on any atom is 0.216 e. The smallest absolute Gasteiger partial charge is 0.216 e. The molecule has 0 bridgehead atoms. The molecule has 1 aliphatic heterocycles. The summed E-state index contributed by atoms with van der Waals surface area (Å²) in [4.78, 5) is 0. The topological polar surface area (TPSA) is 55.4 Å². The van der Waals surface area contributed by atoms with E-state index < -0.39 is 21.6 Å². The quantitative estimate of drug-likeness (QED) is 0.921. The molecule has 1 spiro atoms. The highest BCUT2D eigenvalue weighted by molar-refractivity contribution is 7.88. The third kappa shape index (κ3) is 3.23. The zero-order valence-electron chi connectivity index (χ0n) is 11.4. The van der Waals surface area contributed by atoms with Crippen LogP contribution in [0.2, 0.25) is 5.02 Å². The molecule has 1 unspecified atom stereocenters. The molecule has 2 aliphatic rings. The molecule has 0 aromatic heterocycles. The van der Waals surface area contributed by atoms with Crippen molar-refractivity contribution >= 4 is 21.6 Å². The number of hydrogen-bond acceptors (Lipinski definition) is 3. The van der Waals surface area contributed by atoms with Gasteiger partial charge in [-0.2, -0.15) is 0 Å². The zero-order chi connectivity index (χ0) is 15.1. The lowest BCUT2D eigenvalue weighted by molar-refractivity contribution is 0.0553. The molecule has 1 atom stereocenters. The van der Waals surface area contributed by atoms with Crippen molar-refractivity contribution in [2.75, 3.05) is 13.2 Å². The van der Waals surface area contributed by atoms with Gasteiger partial charge in [0.15, 0.2) is 0 Å². The fraction of sp³-hybridized carbons (Fsp3) is 0.571. The number of ether oxygens (including phenoxy) is 1. The molecule has 1 aliphatic carbocycles. The normalized spacial score (nSPS) is 24.2. The summed E-state index contributed by atoms with van der Waals surface area (Å²) in [5.41, 5.74) is 0.0676. The maximum atomic E-state index is 13.7. The summed E-state index contributed by atoms with van der Waals surface area (Å²) >= 11 is 5.88. The first kappa shape index (κ1) is 15.2. The Labute approximate surface area is 128 Å². The number of hydrogen-bond donors (Lipinski definition) is 1. The van der Waals surface area contributed by atoms with Gasteiger partial charge in [-0.15, -0.1) is 0 Å². The van der Waals surface area contributed by atoms with E-state index in [2.05, 4.69) is 4.72 Å². The average molecular weight is 334 g/mol. The van der Waals surface area contributed by atoms with Crippen molar-refractivity contribution in [3.8, 4) is 0 Å². The van der Waals surface area contributed by atoms with Crippen molar-refractivity contribution < 1.29 is 17.5 Å². The molecule has 1 aromatic rings. The molecule has 1 N–H and O–H groups in total. The van der Waals surface area contributed by atoms with Crippen LogP contribution in [0.1, 0.15) is 24.8 Å². The van der Waals surface area contributed by atoms with Gasteiger partial charge in [0.25, 0.3) is 0 Å². The van der Waals surface area contributed by atoms with Gasteiger partial charge >= 0.3 is 0 Å². The minimum absolute atomic E-state index is 0.0216. The molecule has 2 fully saturated rings. The molecule has 1 aromatic carbocycles. The molecule has 1 saturated carbocycles. The predicted octanol–water partition coefficient (Wildman–Crippen LogP) is 2.47. The first-order chi connectivity index (χ1) is 9.92. The standard InChI is InChI=1S/C14H17ClFNO3S/c15-11-2-1-3-12(16)10(11)9-21(18,19)17-13-8-14(13)4-6-20-7-5-14/h1-3,13,17H,4-9H2. The number of sulfonamides is 1. The Bertz CT molecular complexity index is 623. The molecule has 3 rings (SSSR count). The van der Waals surface area contributed by atoms with Gasteiger partial charge in [-0.3, -0.25) is 0 Å². The molecule has 21 heavy (non-hydrogen) atoms. The zero-order valence-corrected chi connectivity index (χ0v) is 13.0. The largest absolute Gasteiger partial charge is 0.381 e. The summed E-state index contributed by atoms with van der Waals surface area (Å²) in [6.45, 7) is 1.36. The molecule has 0 radical (unpaired) electrons. The maximum absolute atomic E-state index is 13.7. The lowest BCUT2D eigenvalue weighted by Crippen LogP contribution is -2.33. The van der Waals surface area contributed by atoms with E-state index in [1.807, 2.05) is 0 Å². The lowest BCUT2D eigenvalue weighted by Gasteiger charge is -2.23. The van der Waals surface area contributed by atoms with Gasteiger partial charge in [0.2, 0.25) is 10.0 Å². The van der Waals surface area contributed by atoms with Crippen LogP contribution in [0.4, 0.5) is 4.39 Å². The van der Waals surface area contributed by atoms with Gasteiger partial charge in [0.05, 0.1) is 5.75 Å². The summed E-state index contributed by atoms with van der Waals surface area (Å²) in [6.07, 6.45) is 2.59. The minimum Gasteiger partial charge on any atom is -0.381 e. The fourth-order valence-corrected chi connectivity index (χ4v) is 4.80. The van der Waals surface area contributed by atoms with E-state index in [0.29, 0.717) is 13.2 Å². The van der Waals surface area contributed by atoms with Gasteiger partial charge in [0, 0.05) is 29.8 Å². The van der Waals surface area contributed by atoms with Crippen LogP contribution in [0.25, 0.3) is 0 Å². The number of rotatable bonds is 4. The van der Waals surface area contributed by atoms with Gasteiger partial charge < -0.3 is 4.74 Å². The Morgan fingerprint density at radius 2 is 2.10 bits per heavy atom. The summed E-state index contributed by atoms with van der Waals surface area (Å²) < 4.78 is 46.1. The highest BCUT2D eigenvalue weighted by atomic mass is 35.5. The van der Waals surface area contributed by atoms with E-state index in [0.717, 1.165) is 19.3 Å². The van der Waals surface area contributed by atoms with E-state index >= 15 is 0 Å². The molecule has 1 heterocycles. The Balaban J connectivity index is 1.68. The predicted molar refractivity (Wildman–Crippen MR) is 78.1 cm³/mol. The van der Waals surface area contributed by atoms with Crippen LogP contribution in [0, 0.1) is 11.2 Å². The summed E-state index contributed by atoms with van der Waals surface area (Å²) in [7, 11) is -3.61. The van der Waals surface area contributed by atoms with Gasteiger partial charge in [-0.1, -0.05) is 17.7 Å². The first-order valence-electron chi connectivity index (χ1n) is 6.93. The fourth-order valence-electron chi connectivity index (χ4n) is 2.96. The summed E-state index contributed by atoms with van der Waals surface area (Å²) in [6, 6.07) is 4.11. The van der Waals surface area contributed by atoms with Crippen molar-refractivity contribution in [2.45, 2.75) is 31.1 Å². The van der Waals surface area contributed by atoms with Gasteiger partial charge in [-0.25, -0.2) is 17.5 Å². The highest BCUT2D eigenvalue weighted by Crippen LogP contribution is 2.53. The van der Waals surface area contributed by atoms with Gasteiger partial charge in [0.1, 0.15) is 5.82 Å². The van der Waals surface area contributed by atoms with Crippen LogP contribution < -0.4 is 4.72 Å². The molecular weight excluding hydrogens is 317 g/mol. The van der Waals surface area contributed by atoms with Crippen LogP contribution in [0.15, 0.2) is 18.2 Å². The first-order valence-corrected chi connectivity index (χ1v) is 8.96. The highest BCUT2D eigenvalue weighted by Gasteiger charge is 2.55. The van der Waals surface area contributed by atoms with Crippen molar-refractivity contribution in [3.05, 3.63) is 34.6 Å². The van der Waals surface area contributed by atoms with Crippen molar-refractivity contribution in [1.82, 2.24) is 4.72 Å². The molecule has 1 saturated heterocycles. The minimum atomic E-state index is -3.61. The van der Waals surface area contributed by atoms with E-state index in [1.165, 1.54) is 18.2 Å². The van der Waals surface area contributed by atoms with Crippen molar-refractivity contribution in [1.29, 1.82) is 0 Å². The Kier molecular flexibility index (Phi) is 3.98. The van der Waals surface area contributed by atoms with E-state index in [4.69, 9.17) is 16.3 Å². The number of benzene rings is 1. The Morgan fingerprint density at radius 3 is 2.76 bits per heavy atom. The van der Waals surface area contributed by atoms with E-state index in [9.17, 15) is 12.8 Å². The molecule has 0 amide bonds. The summed E-state index contributed by atoms with van der Waals surface area (Å²) in [5, 5.41) is 0.136. The van der Waals surface area contributed by atoms with Crippen LogP contribution in [-0.4, -0.2) is 27.7 Å². The monoisotopic (exact) mass is 333 g/mol. The molecule has 116 valence electrons.